The molecular weight excluding hydrogens is 671 g/mol. The van der Waals surface area contributed by atoms with Crippen LogP contribution in [0.2, 0.25) is 5.02 Å². The van der Waals surface area contributed by atoms with Crippen molar-refractivity contribution in [2.75, 3.05) is 17.1 Å². The van der Waals surface area contributed by atoms with Crippen molar-refractivity contribution in [3.05, 3.63) is 99.0 Å². The lowest BCUT2D eigenvalue weighted by Crippen LogP contribution is -2.56. The van der Waals surface area contributed by atoms with Crippen molar-refractivity contribution in [1.82, 2.24) is 10.2 Å². The number of anilines is 1. The number of hydrogen-bond donors (Lipinski definition) is 1. The molecule has 0 fully saturated rings. The van der Waals surface area contributed by atoms with Gasteiger partial charge in [0, 0.05) is 23.0 Å². The molecule has 0 radical (unpaired) electrons. The van der Waals surface area contributed by atoms with Crippen LogP contribution in [0.5, 0.6) is 0 Å². The topological polar surface area (TPSA) is 86.8 Å². The molecule has 0 aromatic heterocycles. The Morgan fingerprint density at radius 3 is 2.09 bits per heavy atom. The summed E-state index contributed by atoms with van der Waals surface area (Å²) in [5.41, 5.74) is -0.920. The van der Waals surface area contributed by atoms with E-state index in [1.165, 1.54) is 4.90 Å². The number of carbonyl (C=O) groups excluding carboxylic acids is 2. The van der Waals surface area contributed by atoms with Crippen molar-refractivity contribution in [3.63, 3.8) is 0 Å². The van der Waals surface area contributed by atoms with Gasteiger partial charge in [0.2, 0.25) is 21.8 Å². The molecule has 0 saturated heterocycles. The molecule has 1 unspecified atom stereocenters. The van der Waals surface area contributed by atoms with E-state index in [0.29, 0.717) is 15.9 Å². The fourth-order valence-corrected chi connectivity index (χ4v) is 5.66. The first-order valence-electron chi connectivity index (χ1n) is 13.1. The lowest BCUT2D eigenvalue weighted by Gasteiger charge is -2.35. The molecule has 0 aliphatic heterocycles. The van der Waals surface area contributed by atoms with Crippen LogP contribution in [0.15, 0.2) is 77.3 Å². The highest BCUT2D eigenvalue weighted by atomic mass is 79.9. The van der Waals surface area contributed by atoms with Crippen molar-refractivity contribution in [2.24, 2.45) is 0 Å². The minimum Gasteiger partial charge on any atom is -0.350 e. The highest BCUT2D eigenvalue weighted by Gasteiger charge is 2.36. The summed E-state index contributed by atoms with van der Waals surface area (Å²) >= 11 is 9.55. The quantitative estimate of drug-likeness (QED) is 0.264. The SMILES string of the molecule is CC(C)(C)NC(=O)C(Cc1ccccc1)N(Cc1ccc(Br)cc1)C(=O)CN(c1cc(C(F)(F)F)ccc1Cl)S(C)(=O)=O. The summed E-state index contributed by atoms with van der Waals surface area (Å²) in [7, 11) is -4.32. The molecule has 0 aliphatic rings. The van der Waals surface area contributed by atoms with E-state index in [1.54, 1.807) is 75.4 Å². The third kappa shape index (κ3) is 9.97. The Labute approximate surface area is 263 Å². The Balaban J connectivity index is 2.13. The molecule has 3 aromatic carbocycles. The van der Waals surface area contributed by atoms with Crippen LogP contribution in [-0.4, -0.2) is 49.5 Å². The normalized spacial score (nSPS) is 12.9. The summed E-state index contributed by atoms with van der Waals surface area (Å²) in [6.45, 7) is 4.37. The first kappa shape index (κ1) is 34.4. The van der Waals surface area contributed by atoms with Crippen LogP contribution in [0, 0.1) is 0 Å². The molecule has 0 bridgehead atoms. The van der Waals surface area contributed by atoms with Gasteiger partial charge in [-0.2, -0.15) is 13.2 Å². The van der Waals surface area contributed by atoms with Crippen molar-refractivity contribution in [1.29, 1.82) is 0 Å². The standard InChI is InChI=1S/C30H32BrClF3N3O4S/c1-29(2,3)36-28(40)26(16-20-8-6-5-7-9-20)37(18-21-10-13-23(31)14-11-21)27(39)19-38(43(4,41)42)25-17-22(30(33,34)35)12-15-24(25)32/h5-15,17,26H,16,18-19H2,1-4H3,(H,36,40). The van der Waals surface area contributed by atoms with Gasteiger partial charge in [-0.15, -0.1) is 0 Å². The largest absolute Gasteiger partial charge is 0.416 e. The molecular formula is C30H32BrClF3N3O4S. The number of nitrogens with one attached hydrogen (secondary N) is 1. The average molecular weight is 703 g/mol. The molecule has 0 saturated carbocycles. The molecule has 1 atom stereocenters. The second-order valence-corrected chi connectivity index (χ2v) is 14.3. The highest BCUT2D eigenvalue weighted by molar-refractivity contribution is 9.10. The fourth-order valence-electron chi connectivity index (χ4n) is 4.27. The highest BCUT2D eigenvalue weighted by Crippen LogP contribution is 2.36. The van der Waals surface area contributed by atoms with E-state index in [9.17, 15) is 31.2 Å². The van der Waals surface area contributed by atoms with Gasteiger partial charge in [-0.05, 0) is 62.2 Å². The van der Waals surface area contributed by atoms with Crippen LogP contribution in [-0.2, 0) is 38.8 Å². The molecule has 3 rings (SSSR count). The number of carbonyl (C=O) groups is 2. The van der Waals surface area contributed by atoms with Gasteiger partial charge in [0.15, 0.2) is 0 Å². The zero-order valence-corrected chi connectivity index (χ0v) is 27.1. The van der Waals surface area contributed by atoms with Crippen molar-refractivity contribution in [2.45, 2.75) is 51.5 Å². The van der Waals surface area contributed by atoms with Gasteiger partial charge >= 0.3 is 6.18 Å². The van der Waals surface area contributed by atoms with Gasteiger partial charge in [0.05, 0.1) is 22.5 Å². The van der Waals surface area contributed by atoms with E-state index < -0.39 is 57.4 Å². The smallest absolute Gasteiger partial charge is 0.350 e. The third-order valence-electron chi connectivity index (χ3n) is 6.26. The molecule has 7 nitrogen and oxygen atoms in total. The fraction of sp³-hybridized carbons (Fsp3) is 0.333. The van der Waals surface area contributed by atoms with Crippen molar-refractivity contribution < 1.29 is 31.2 Å². The predicted molar refractivity (Wildman–Crippen MR) is 165 cm³/mol. The molecule has 13 heteroatoms. The molecule has 43 heavy (non-hydrogen) atoms. The van der Waals surface area contributed by atoms with Crippen LogP contribution >= 0.6 is 27.5 Å². The van der Waals surface area contributed by atoms with Gasteiger partial charge in [0.25, 0.3) is 0 Å². The molecule has 2 amide bonds. The Morgan fingerprint density at radius 1 is 0.953 bits per heavy atom. The number of alkyl halides is 3. The number of amides is 2. The van der Waals surface area contributed by atoms with Crippen LogP contribution in [0.3, 0.4) is 0 Å². The molecule has 1 N–H and O–H groups in total. The number of nitrogens with zero attached hydrogens (tertiary/aromatic N) is 2. The molecule has 0 aliphatic carbocycles. The van der Waals surface area contributed by atoms with Crippen LogP contribution in [0.25, 0.3) is 0 Å². The number of hydrogen-bond acceptors (Lipinski definition) is 4. The summed E-state index contributed by atoms with van der Waals surface area (Å²) < 4.78 is 67.7. The Hall–Kier alpha value is -3.09. The predicted octanol–water partition coefficient (Wildman–Crippen LogP) is 6.44. The summed E-state index contributed by atoms with van der Waals surface area (Å²) in [5.74, 6) is -1.29. The lowest BCUT2D eigenvalue weighted by molar-refractivity contribution is -0.140. The minimum absolute atomic E-state index is 0.0882. The Morgan fingerprint density at radius 2 is 1.56 bits per heavy atom. The second kappa shape index (κ2) is 13.7. The molecule has 3 aromatic rings. The monoisotopic (exact) mass is 701 g/mol. The number of benzene rings is 3. The van der Waals surface area contributed by atoms with E-state index in [-0.39, 0.29) is 18.0 Å². The molecule has 0 heterocycles. The average Bonchev–Trinajstić information content (AvgIpc) is 2.89. The van der Waals surface area contributed by atoms with Gasteiger partial charge in [-0.25, -0.2) is 8.42 Å². The number of halogens is 5. The zero-order valence-electron chi connectivity index (χ0n) is 24.0. The van der Waals surface area contributed by atoms with Gasteiger partial charge in [0.1, 0.15) is 12.6 Å². The summed E-state index contributed by atoms with van der Waals surface area (Å²) in [6.07, 6.45) is -3.93. The Kier molecular flexibility index (Phi) is 11.0. The third-order valence-corrected chi connectivity index (χ3v) is 8.23. The summed E-state index contributed by atoms with van der Waals surface area (Å²) in [4.78, 5) is 29.1. The Bertz CT molecular complexity index is 1550. The van der Waals surface area contributed by atoms with Gasteiger partial charge in [-0.3, -0.25) is 13.9 Å². The van der Waals surface area contributed by atoms with Crippen LogP contribution in [0.4, 0.5) is 18.9 Å². The van der Waals surface area contributed by atoms with Crippen LogP contribution in [0.1, 0.15) is 37.5 Å². The second-order valence-electron chi connectivity index (χ2n) is 11.0. The lowest BCUT2D eigenvalue weighted by atomic mass is 10.0. The van der Waals surface area contributed by atoms with Gasteiger partial charge < -0.3 is 10.2 Å². The minimum atomic E-state index is -4.79. The summed E-state index contributed by atoms with van der Waals surface area (Å²) in [5, 5.41) is 2.61. The van der Waals surface area contributed by atoms with Crippen molar-refractivity contribution >= 4 is 55.1 Å². The zero-order chi connectivity index (χ0) is 32.2. The first-order valence-corrected chi connectivity index (χ1v) is 16.1. The van der Waals surface area contributed by atoms with Crippen LogP contribution < -0.4 is 9.62 Å². The maximum Gasteiger partial charge on any atom is 0.416 e. The van der Waals surface area contributed by atoms with E-state index in [1.807, 2.05) is 0 Å². The van der Waals surface area contributed by atoms with E-state index >= 15 is 0 Å². The first-order chi connectivity index (χ1) is 19.8. The van der Waals surface area contributed by atoms with E-state index in [4.69, 9.17) is 11.6 Å². The molecule has 232 valence electrons. The van der Waals surface area contributed by atoms with Crippen molar-refractivity contribution in [3.8, 4) is 0 Å². The van der Waals surface area contributed by atoms with E-state index in [2.05, 4.69) is 21.2 Å². The maximum atomic E-state index is 14.1. The summed E-state index contributed by atoms with van der Waals surface area (Å²) in [6, 6.07) is 17.1. The van der Waals surface area contributed by atoms with E-state index in [0.717, 1.165) is 28.4 Å². The molecule has 0 spiro atoms. The number of rotatable bonds is 10. The maximum absolute atomic E-state index is 14.1. The number of sulfonamides is 1. The van der Waals surface area contributed by atoms with Gasteiger partial charge in [-0.1, -0.05) is 70.0 Å².